The Balaban J connectivity index is 1.59. The number of aromatic amines is 1. The average Bonchev–Trinajstić information content (AvgIpc) is 3.33. The lowest BCUT2D eigenvalue weighted by Gasteiger charge is -2.14. The number of likely N-dealkylation sites (tertiary alicyclic amines) is 1. The Labute approximate surface area is 152 Å². The van der Waals surface area contributed by atoms with Crippen LogP contribution in [-0.2, 0) is 13.6 Å². The van der Waals surface area contributed by atoms with Gasteiger partial charge in [0.25, 0.3) is 0 Å². The number of nitrogens with zero attached hydrogens (tertiary/aromatic N) is 4. The van der Waals surface area contributed by atoms with E-state index >= 15 is 0 Å². The number of aryl methyl sites for hydroxylation is 2. The number of fused-ring (bicyclic) bond motifs is 1. The van der Waals surface area contributed by atoms with Crippen molar-refractivity contribution in [2.24, 2.45) is 13.0 Å². The summed E-state index contributed by atoms with van der Waals surface area (Å²) in [7, 11) is 3.73. The number of H-pyrrole nitrogens is 1. The normalized spacial score (nSPS) is 20.9. The van der Waals surface area contributed by atoms with Crippen LogP contribution < -0.4 is 4.74 Å². The van der Waals surface area contributed by atoms with Crippen LogP contribution in [-0.4, -0.2) is 51.5 Å². The minimum Gasteiger partial charge on any atom is -0.497 e. The number of rotatable bonds is 5. The molecule has 1 saturated heterocycles. The fourth-order valence-corrected chi connectivity index (χ4v) is 4.01. The molecule has 0 radical (unpaired) electrons. The molecule has 138 valence electrons. The Morgan fingerprint density at radius 1 is 1.35 bits per heavy atom. The van der Waals surface area contributed by atoms with Crippen LogP contribution >= 0.6 is 0 Å². The van der Waals surface area contributed by atoms with Gasteiger partial charge in [0.1, 0.15) is 11.6 Å². The van der Waals surface area contributed by atoms with E-state index in [1.807, 2.05) is 20.0 Å². The molecule has 2 aromatic heterocycles. The molecule has 3 heterocycles. The molecule has 4 rings (SSSR count). The Hall–Kier alpha value is -2.41. The number of nitrogens with one attached hydrogen (secondary N) is 1. The number of halogens is 1. The highest BCUT2D eigenvalue weighted by atomic mass is 19.1. The fourth-order valence-electron chi connectivity index (χ4n) is 4.01. The van der Waals surface area contributed by atoms with Gasteiger partial charge in [-0.2, -0.15) is 5.10 Å². The molecule has 0 amide bonds. The summed E-state index contributed by atoms with van der Waals surface area (Å²) >= 11 is 0. The molecule has 0 bridgehead atoms. The number of ether oxygens (including phenoxy) is 1. The van der Waals surface area contributed by atoms with Gasteiger partial charge in [0.15, 0.2) is 5.82 Å². The molecule has 7 heteroatoms. The van der Waals surface area contributed by atoms with Crippen LogP contribution in [0.1, 0.15) is 23.1 Å². The molecule has 1 aliphatic rings. The van der Waals surface area contributed by atoms with Gasteiger partial charge in [0.2, 0.25) is 0 Å². The lowest BCUT2D eigenvalue weighted by Crippen LogP contribution is -2.20. The Morgan fingerprint density at radius 3 is 2.88 bits per heavy atom. The maximum absolute atomic E-state index is 13.6. The third-order valence-electron chi connectivity index (χ3n) is 5.33. The Bertz CT molecular complexity index is 918. The topological polar surface area (TPSA) is 59.0 Å². The number of hydrogen-bond donors (Lipinski definition) is 1. The summed E-state index contributed by atoms with van der Waals surface area (Å²) in [6.45, 7) is 3.79. The minimum absolute atomic E-state index is 0.0365. The van der Waals surface area contributed by atoms with Crippen LogP contribution in [0.4, 0.5) is 4.39 Å². The third-order valence-corrected chi connectivity index (χ3v) is 5.33. The molecule has 2 atom stereocenters. The van der Waals surface area contributed by atoms with E-state index in [1.54, 1.807) is 7.11 Å². The number of alkyl halides is 1. The molecular formula is C19H24FN5O. The van der Waals surface area contributed by atoms with E-state index in [1.165, 1.54) is 16.5 Å². The van der Waals surface area contributed by atoms with Gasteiger partial charge < -0.3 is 9.30 Å². The van der Waals surface area contributed by atoms with Gasteiger partial charge in [-0.1, -0.05) is 0 Å². The van der Waals surface area contributed by atoms with Crippen molar-refractivity contribution in [2.45, 2.75) is 19.4 Å². The number of hydrogen-bond acceptors (Lipinski definition) is 4. The van der Waals surface area contributed by atoms with Gasteiger partial charge in [-0.15, -0.1) is 0 Å². The molecule has 0 unspecified atom stereocenters. The SMILES string of the molecule is COc1ccc2c(c1)c(CN1C[C@@H](CF)[C@H](c3n[nH]c(C)n3)C1)cn2C. The zero-order valence-electron chi connectivity index (χ0n) is 15.4. The lowest BCUT2D eigenvalue weighted by molar-refractivity contribution is 0.296. The van der Waals surface area contributed by atoms with Crippen LogP contribution in [0.2, 0.25) is 0 Å². The molecule has 1 fully saturated rings. The Morgan fingerprint density at radius 2 is 2.19 bits per heavy atom. The van der Waals surface area contributed by atoms with Crippen LogP contribution in [0.3, 0.4) is 0 Å². The van der Waals surface area contributed by atoms with Crippen LogP contribution in [0.15, 0.2) is 24.4 Å². The standard InChI is InChI=1S/C19H24FN5O/c1-12-21-19(23-22-12)17-11-25(9-13(17)7-20)10-14-8-24(2)18-5-4-15(26-3)6-16(14)18/h4-6,8,13,17H,7,9-11H2,1-3H3,(H,21,22,23)/t13-,17-/m1/s1. The van der Waals surface area contributed by atoms with Gasteiger partial charge >= 0.3 is 0 Å². The second-order valence-electron chi connectivity index (χ2n) is 7.14. The van der Waals surface area contributed by atoms with Gasteiger partial charge in [0, 0.05) is 55.6 Å². The average molecular weight is 357 g/mol. The second kappa shape index (κ2) is 6.72. The van der Waals surface area contributed by atoms with Crippen molar-refractivity contribution < 1.29 is 9.13 Å². The maximum Gasteiger partial charge on any atom is 0.155 e. The van der Waals surface area contributed by atoms with E-state index in [0.717, 1.165) is 37.0 Å². The van der Waals surface area contributed by atoms with E-state index in [2.05, 4.69) is 43.0 Å². The van der Waals surface area contributed by atoms with E-state index in [9.17, 15) is 4.39 Å². The first-order chi connectivity index (χ1) is 12.6. The Kier molecular flexibility index (Phi) is 4.40. The van der Waals surface area contributed by atoms with Gasteiger partial charge in [-0.25, -0.2) is 4.98 Å². The minimum atomic E-state index is -0.349. The zero-order valence-corrected chi connectivity index (χ0v) is 15.4. The second-order valence-corrected chi connectivity index (χ2v) is 7.14. The number of benzene rings is 1. The molecule has 1 N–H and O–H groups in total. The molecule has 1 aromatic carbocycles. The summed E-state index contributed by atoms with van der Waals surface area (Å²) in [5.74, 6) is 2.33. The van der Waals surface area contributed by atoms with Gasteiger partial charge in [-0.05, 0) is 30.7 Å². The quantitative estimate of drug-likeness (QED) is 0.763. The van der Waals surface area contributed by atoms with E-state index in [0.29, 0.717) is 0 Å². The van der Waals surface area contributed by atoms with Crippen molar-refractivity contribution in [3.8, 4) is 5.75 Å². The molecular weight excluding hydrogens is 333 g/mol. The number of methoxy groups -OCH3 is 1. The predicted octanol–water partition coefficient (Wildman–Crippen LogP) is 2.80. The van der Waals surface area contributed by atoms with E-state index in [4.69, 9.17) is 4.74 Å². The first-order valence-electron chi connectivity index (χ1n) is 8.88. The summed E-state index contributed by atoms with van der Waals surface area (Å²) in [5.41, 5.74) is 2.40. The van der Waals surface area contributed by atoms with Crippen LogP contribution in [0.25, 0.3) is 10.9 Å². The fraction of sp³-hybridized carbons (Fsp3) is 0.474. The van der Waals surface area contributed by atoms with Crippen molar-refractivity contribution in [3.05, 3.63) is 41.6 Å². The molecule has 0 saturated carbocycles. The monoisotopic (exact) mass is 357 g/mol. The summed E-state index contributed by atoms with van der Waals surface area (Å²) in [6.07, 6.45) is 2.15. The molecule has 1 aliphatic heterocycles. The van der Waals surface area contributed by atoms with Gasteiger partial charge in [0.05, 0.1) is 13.8 Å². The van der Waals surface area contributed by atoms with Crippen molar-refractivity contribution in [3.63, 3.8) is 0 Å². The number of aromatic nitrogens is 4. The third kappa shape index (κ3) is 2.96. The maximum atomic E-state index is 13.6. The van der Waals surface area contributed by atoms with Crippen LogP contribution in [0.5, 0.6) is 5.75 Å². The largest absolute Gasteiger partial charge is 0.497 e. The summed E-state index contributed by atoms with van der Waals surface area (Å²) in [5, 5.41) is 8.32. The summed E-state index contributed by atoms with van der Waals surface area (Å²) in [6, 6.07) is 6.12. The smallest absolute Gasteiger partial charge is 0.155 e. The first-order valence-corrected chi connectivity index (χ1v) is 8.88. The van der Waals surface area contributed by atoms with E-state index < -0.39 is 0 Å². The molecule has 26 heavy (non-hydrogen) atoms. The van der Waals surface area contributed by atoms with E-state index in [-0.39, 0.29) is 18.5 Å². The lowest BCUT2D eigenvalue weighted by atomic mass is 9.97. The molecule has 3 aromatic rings. The summed E-state index contributed by atoms with van der Waals surface area (Å²) < 4.78 is 21.1. The highest BCUT2D eigenvalue weighted by molar-refractivity contribution is 5.85. The highest BCUT2D eigenvalue weighted by Crippen LogP contribution is 2.33. The first kappa shape index (κ1) is 17.0. The molecule has 0 spiro atoms. The van der Waals surface area contributed by atoms with Gasteiger partial charge in [-0.3, -0.25) is 14.4 Å². The van der Waals surface area contributed by atoms with Crippen molar-refractivity contribution in [1.29, 1.82) is 0 Å². The predicted molar refractivity (Wildman–Crippen MR) is 98.1 cm³/mol. The zero-order chi connectivity index (χ0) is 18.3. The molecule has 6 nitrogen and oxygen atoms in total. The van der Waals surface area contributed by atoms with Crippen LogP contribution in [0, 0.1) is 12.8 Å². The van der Waals surface area contributed by atoms with Crippen molar-refractivity contribution in [2.75, 3.05) is 26.9 Å². The molecule has 0 aliphatic carbocycles. The summed E-state index contributed by atoms with van der Waals surface area (Å²) in [4.78, 5) is 6.73. The van der Waals surface area contributed by atoms with Crippen molar-refractivity contribution in [1.82, 2.24) is 24.6 Å². The van der Waals surface area contributed by atoms with Crippen molar-refractivity contribution >= 4 is 10.9 Å². The highest BCUT2D eigenvalue weighted by Gasteiger charge is 2.36.